The molecule has 5 rings (SSSR count). The predicted molar refractivity (Wildman–Crippen MR) is 147 cm³/mol. The third-order valence-corrected chi connectivity index (χ3v) is 7.76. The van der Waals surface area contributed by atoms with Crippen LogP contribution in [0, 0.1) is 5.82 Å². The van der Waals surface area contributed by atoms with Crippen molar-refractivity contribution in [3.8, 4) is 0 Å². The molecular weight excluding hydrogens is 521 g/mol. The standard InChI is InChI=1S/C28H28FN5O4S/c1-28(2,21-5-3-4-6-22(21)29)31-26(37)23-15-20-24(32-34(17-35)27(20)39-23)30-25(36)19-9-7-18(8-10-19)16-33-11-13-38-14-12-33/h3-10,15,17H,11-14,16H2,1-2H3,(H,31,37)(H,30,32,36). The van der Waals surface area contributed by atoms with Crippen LogP contribution in [-0.2, 0) is 21.6 Å². The maximum absolute atomic E-state index is 14.4. The number of fused-ring (bicyclic) bond motifs is 1. The summed E-state index contributed by atoms with van der Waals surface area (Å²) >= 11 is 1.06. The van der Waals surface area contributed by atoms with Gasteiger partial charge in [0.1, 0.15) is 10.6 Å². The van der Waals surface area contributed by atoms with E-state index >= 15 is 0 Å². The molecule has 0 saturated carbocycles. The minimum atomic E-state index is -0.986. The molecule has 1 fully saturated rings. The number of carbonyl (C=O) groups excluding carboxylic acids is 3. The smallest absolute Gasteiger partial charge is 0.262 e. The van der Waals surface area contributed by atoms with Gasteiger partial charge in [0, 0.05) is 30.8 Å². The zero-order valence-corrected chi connectivity index (χ0v) is 22.4. The molecule has 202 valence electrons. The van der Waals surface area contributed by atoms with E-state index in [0.29, 0.717) is 32.6 Å². The lowest BCUT2D eigenvalue weighted by atomic mass is 9.93. The lowest BCUT2D eigenvalue weighted by Crippen LogP contribution is -2.41. The number of amides is 2. The molecular formula is C28H28FN5O4S. The molecule has 0 bridgehead atoms. The van der Waals surface area contributed by atoms with E-state index in [-0.39, 0.29) is 11.7 Å². The molecule has 0 spiro atoms. The molecule has 2 N–H and O–H groups in total. The maximum Gasteiger partial charge on any atom is 0.262 e. The van der Waals surface area contributed by atoms with E-state index in [1.165, 1.54) is 6.07 Å². The number of hydrogen-bond donors (Lipinski definition) is 2. The Balaban J connectivity index is 1.32. The van der Waals surface area contributed by atoms with Crippen LogP contribution in [0.3, 0.4) is 0 Å². The van der Waals surface area contributed by atoms with Gasteiger partial charge in [0.05, 0.1) is 29.0 Å². The van der Waals surface area contributed by atoms with Crippen molar-refractivity contribution in [1.82, 2.24) is 20.0 Å². The molecule has 2 aromatic heterocycles. The molecule has 1 saturated heterocycles. The van der Waals surface area contributed by atoms with Crippen LogP contribution in [-0.4, -0.2) is 59.2 Å². The molecule has 1 aliphatic heterocycles. The van der Waals surface area contributed by atoms with Crippen LogP contribution < -0.4 is 10.6 Å². The van der Waals surface area contributed by atoms with Gasteiger partial charge in [-0.2, -0.15) is 4.68 Å². The second-order valence-electron chi connectivity index (χ2n) is 9.83. The highest BCUT2D eigenvalue weighted by Crippen LogP contribution is 2.32. The minimum absolute atomic E-state index is 0.170. The third-order valence-electron chi connectivity index (χ3n) is 6.64. The van der Waals surface area contributed by atoms with Gasteiger partial charge in [0.15, 0.2) is 5.82 Å². The number of nitrogens with one attached hydrogen (secondary N) is 2. The number of nitrogens with zero attached hydrogens (tertiary/aromatic N) is 3. The molecule has 1 aliphatic rings. The number of morpholine rings is 1. The average Bonchev–Trinajstić information content (AvgIpc) is 3.50. The molecule has 0 aliphatic carbocycles. The van der Waals surface area contributed by atoms with Gasteiger partial charge in [-0.05, 0) is 43.7 Å². The Morgan fingerprint density at radius 3 is 2.51 bits per heavy atom. The van der Waals surface area contributed by atoms with Crippen molar-refractivity contribution in [2.45, 2.75) is 25.9 Å². The van der Waals surface area contributed by atoms with E-state index in [1.807, 2.05) is 12.1 Å². The largest absolute Gasteiger partial charge is 0.379 e. The summed E-state index contributed by atoms with van der Waals surface area (Å²) < 4.78 is 20.8. The first-order valence-electron chi connectivity index (χ1n) is 12.5. The number of rotatable bonds is 8. The van der Waals surface area contributed by atoms with Crippen molar-refractivity contribution in [1.29, 1.82) is 0 Å². The Bertz CT molecular complexity index is 1520. The number of ether oxygens (including phenoxy) is 1. The topological polar surface area (TPSA) is 106 Å². The van der Waals surface area contributed by atoms with Crippen LogP contribution in [0.1, 0.15) is 45.0 Å². The molecule has 9 nitrogen and oxygen atoms in total. The minimum Gasteiger partial charge on any atom is -0.379 e. The number of thiophene rings is 1. The van der Waals surface area contributed by atoms with E-state index in [0.717, 1.165) is 54.4 Å². The molecule has 2 amide bonds. The fraction of sp³-hybridized carbons (Fsp3) is 0.286. The number of benzene rings is 2. The number of halogens is 1. The van der Waals surface area contributed by atoms with Gasteiger partial charge in [0.25, 0.3) is 11.8 Å². The fourth-order valence-electron chi connectivity index (χ4n) is 4.54. The van der Waals surface area contributed by atoms with Gasteiger partial charge < -0.3 is 15.4 Å². The van der Waals surface area contributed by atoms with Crippen LogP contribution >= 0.6 is 11.3 Å². The maximum atomic E-state index is 14.4. The molecule has 0 unspecified atom stereocenters. The van der Waals surface area contributed by atoms with Crippen molar-refractivity contribution in [3.63, 3.8) is 0 Å². The zero-order chi connectivity index (χ0) is 27.6. The third kappa shape index (κ3) is 5.75. The first-order valence-corrected chi connectivity index (χ1v) is 13.3. The molecule has 2 aromatic carbocycles. The molecule has 11 heteroatoms. The van der Waals surface area contributed by atoms with Crippen LogP contribution in [0.2, 0.25) is 0 Å². The Hall–Kier alpha value is -3.93. The summed E-state index contributed by atoms with van der Waals surface area (Å²) in [6.45, 7) is 7.39. The Labute approximate surface area is 228 Å². The highest BCUT2D eigenvalue weighted by atomic mass is 32.1. The summed E-state index contributed by atoms with van der Waals surface area (Å²) in [4.78, 5) is 40.8. The van der Waals surface area contributed by atoms with Crippen molar-refractivity contribution in [2.75, 3.05) is 31.6 Å². The van der Waals surface area contributed by atoms with E-state index in [1.54, 1.807) is 50.2 Å². The normalized spacial score (nSPS) is 14.3. The first-order chi connectivity index (χ1) is 18.7. The summed E-state index contributed by atoms with van der Waals surface area (Å²) in [5.74, 6) is -1.07. The van der Waals surface area contributed by atoms with Crippen molar-refractivity contribution in [2.24, 2.45) is 0 Å². The van der Waals surface area contributed by atoms with Crippen molar-refractivity contribution in [3.05, 3.63) is 82.0 Å². The van der Waals surface area contributed by atoms with E-state index in [9.17, 15) is 18.8 Å². The van der Waals surface area contributed by atoms with Gasteiger partial charge in [0.2, 0.25) is 6.41 Å². The highest BCUT2D eigenvalue weighted by Gasteiger charge is 2.28. The highest BCUT2D eigenvalue weighted by molar-refractivity contribution is 7.20. The zero-order valence-electron chi connectivity index (χ0n) is 21.6. The number of carbonyl (C=O) groups is 3. The number of hydrogen-bond acceptors (Lipinski definition) is 7. The van der Waals surface area contributed by atoms with Gasteiger partial charge in [-0.3, -0.25) is 19.3 Å². The van der Waals surface area contributed by atoms with Crippen molar-refractivity contribution < 1.29 is 23.5 Å². The predicted octanol–water partition coefficient (Wildman–Crippen LogP) is 4.02. The van der Waals surface area contributed by atoms with Gasteiger partial charge in [-0.15, -0.1) is 16.4 Å². The quantitative estimate of drug-likeness (QED) is 0.322. The molecule has 39 heavy (non-hydrogen) atoms. The lowest BCUT2D eigenvalue weighted by Gasteiger charge is -2.27. The Morgan fingerprint density at radius 1 is 1.10 bits per heavy atom. The van der Waals surface area contributed by atoms with Crippen LogP contribution in [0.25, 0.3) is 10.2 Å². The number of aromatic nitrogens is 2. The van der Waals surface area contributed by atoms with E-state index in [4.69, 9.17) is 4.74 Å². The lowest BCUT2D eigenvalue weighted by molar-refractivity contribution is 0.0342. The Morgan fingerprint density at radius 2 is 1.82 bits per heavy atom. The van der Waals surface area contributed by atoms with Gasteiger partial charge in [-0.25, -0.2) is 4.39 Å². The molecule has 4 aromatic rings. The SMILES string of the molecule is CC(C)(NC(=O)c1cc2c(NC(=O)c3ccc(CN4CCOCC4)cc3)nn(C=O)c2s1)c1ccccc1F. The van der Waals surface area contributed by atoms with E-state index < -0.39 is 17.3 Å². The van der Waals surface area contributed by atoms with Crippen molar-refractivity contribution >= 4 is 45.6 Å². The first kappa shape index (κ1) is 26.7. The van der Waals surface area contributed by atoms with Crippen LogP contribution in [0.5, 0.6) is 0 Å². The molecule has 0 atom stereocenters. The van der Waals surface area contributed by atoms with Gasteiger partial charge >= 0.3 is 0 Å². The molecule has 3 heterocycles. The number of anilines is 1. The summed E-state index contributed by atoms with van der Waals surface area (Å²) in [5.41, 5.74) is 0.893. The summed E-state index contributed by atoms with van der Waals surface area (Å²) in [6.07, 6.45) is 0.514. The summed E-state index contributed by atoms with van der Waals surface area (Å²) in [6, 6.07) is 15.1. The monoisotopic (exact) mass is 549 g/mol. The molecule has 0 radical (unpaired) electrons. The van der Waals surface area contributed by atoms with Gasteiger partial charge in [-0.1, -0.05) is 30.3 Å². The summed E-state index contributed by atoms with van der Waals surface area (Å²) in [7, 11) is 0. The van der Waals surface area contributed by atoms with Crippen LogP contribution in [0.4, 0.5) is 10.2 Å². The Kier molecular flexibility index (Phi) is 7.56. The van der Waals surface area contributed by atoms with E-state index in [2.05, 4.69) is 20.6 Å². The summed E-state index contributed by atoms with van der Waals surface area (Å²) in [5, 5.41) is 10.3. The fourth-order valence-corrected chi connectivity index (χ4v) is 5.52. The average molecular weight is 550 g/mol. The second-order valence-corrected chi connectivity index (χ2v) is 10.9. The van der Waals surface area contributed by atoms with Crippen LogP contribution in [0.15, 0.2) is 54.6 Å². The second kappa shape index (κ2) is 11.0.